The van der Waals surface area contributed by atoms with Crippen molar-refractivity contribution in [3.8, 4) is 5.75 Å². The number of hydrogen-bond donors (Lipinski definition) is 1. The molecule has 1 aromatic carbocycles. The number of nitrogens with one attached hydrogen (secondary N) is 1. The van der Waals surface area contributed by atoms with Crippen LogP contribution >= 0.6 is 0 Å². The van der Waals surface area contributed by atoms with Gasteiger partial charge in [-0.15, -0.1) is 0 Å². The fraction of sp³-hybridized carbons (Fsp3) is 0.524. The van der Waals surface area contributed by atoms with Crippen LogP contribution in [0.4, 0.5) is 0 Å². The SMILES string of the molecule is COc1cccc2[nH]c(C(=O)N3C[C@H]4C[C@@H](C3)[C@H]3CCCC(=O)N3C4)cc12. The van der Waals surface area contributed by atoms with Crippen LogP contribution in [0.1, 0.15) is 36.2 Å². The molecule has 2 bridgehead atoms. The van der Waals surface area contributed by atoms with Gasteiger partial charge in [0.05, 0.1) is 7.11 Å². The predicted molar refractivity (Wildman–Crippen MR) is 102 cm³/mol. The maximum atomic E-state index is 13.2. The lowest BCUT2D eigenvalue weighted by Gasteiger charge is -2.52. The molecule has 2 aromatic rings. The molecule has 27 heavy (non-hydrogen) atoms. The second kappa shape index (κ2) is 6.29. The number of rotatable bonds is 2. The molecule has 0 aliphatic carbocycles. The Morgan fingerprint density at radius 3 is 3.00 bits per heavy atom. The number of nitrogens with zero attached hydrogens (tertiary/aromatic N) is 2. The second-order valence-electron chi connectivity index (χ2n) is 8.18. The summed E-state index contributed by atoms with van der Waals surface area (Å²) in [6.45, 7) is 2.29. The minimum absolute atomic E-state index is 0.0542. The Morgan fingerprint density at radius 2 is 2.15 bits per heavy atom. The topological polar surface area (TPSA) is 65.6 Å². The number of aromatic nitrogens is 1. The van der Waals surface area contributed by atoms with Crippen LogP contribution in [0.5, 0.6) is 5.75 Å². The van der Waals surface area contributed by atoms with E-state index >= 15 is 0 Å². The minimum atomic E-state index is 0.0542. The Hall–Kier alpha value is -2.50. The predicted octanol–water partition coefficient (Wildman–Crippen LogP) is 2.65. The summed E-state index contributed by atoms with van der Waals surface area (Å²) in [6.07, 6.45) is 3.89. The highest BCUT2D eigenvalue weighted by atomic mass is 16.5. The molecule has 4 heterocycles. The summed E-state index contributed by atoms with van der Waals surface area (Å²) in [6, 6.07) is 8.01. The van der Waals surface area contributed by atoms with Crippen LogP contribution in [0, 0.1) is 11.8 Å². The number of piperidine rings is 3. The molecular weight excluding hydrogens is 342 g/mol. The van der Waals surface area contributed by atoms with E-state index < -0.39 is 0 Å². The molecule has 0 radical (unpaired) electrons. The van der Waals surface area contributed by atoms with Crippen molar-refractivity contribution in [1.82, 2.24) is 14.8 Å². The number of aromatic amines is 1. The molecule has 6 heteroatoms. The van der Waals surface area contributed by atoms with Gasteiger partial charge in [-0.3, -0.25) is 9.59 Å². The number of amides is 2. The molecule has 3 atom stereocenters. The van der Waals surface area contributed by atoms with E-state index in [1.54, 1.807) is 7.11 Å². The first-order chi connectivity index (χ1) is 13.1. The maximum Gasteiger partial charge on any atom is 0.270 e. The quantitative estimate of drug-likeness (QED) is 0.887. The molecule has 3 aliphatic rings. The van der Waals surface area contributed by atoms with Crippen molar-refractivity contribution in [3.63, 3.8) is 0 Å². The standard InChI is InChI=1S/C21H25N3O3/c1-27-19-6-2-4-16-15(19)9-17(22-16)21(26)23-10-13-8-14(12-23)18-5-3-7-20(25)24(18)11-13/h2,4,6,9,13-14,18,22H,3,5,7-8,10-12H2,1H3/t13-,14+,18-/m1/s1. The lowest BCUT2D eigenvalue weighted by Crippen LogP contribution is -2.61. The summed E-state index contributed by atoms with van der Waals surface area (Å²) in [5, 5.41) is 0.935. The molecule has 2 amide bonds. The molecule has 0 saturated carbocycles. The van der Waals surface area contributed by atoms with Gasteiger partial charge in [-0.25, -0.2) is 0 Å². The van der Waals surface area contributed by atoms with Crippen molar-refractivity contribution in [2.75, 3.05) is 26.7 Å². The van der Waals surface area contributed by atoms with E-state index in [9.17, 15) is 9.59 Å². The van der Waals surface area contributed by atoms with Crippen molar-refractivity contribution in [2.45, 2.75) is 31.7 Å². The highest BCUT2D eigenvalue weighted by Crippen LogP contribution is 2.38. The van der Waals surface area contributed by atoms with Gasteiger partial charge in [0.1, 0.15) is 11.4 Å². The lowest BCUT2D eigenvalue weighted by molar-refractivity contribution is -0.144. The van der Waals surface area contributed by atoms with Crippen molar-refractivity contribution in [3.05, 3.63) is 30.0 Å². The van der Waals surface area contributed by atoms with Crippen LogP contribution in [0.2, 0.25) is 0 Å². The molecule has 3 saturated heterocycles. The third kappa shape index (κ3) is 2.69. The first-order valence-corrected chi connectivity index (χ1v) is 9.88. The van der Waals surface area contributed by atoms with E-state index in [4.69, 9.17) is 4.74 Å². The summed E-state index contributed by atoms with van der Waals surface area (Å²) < 4.78 is 5.41. The van der Waals surface area contributed by atoms with Crippen molar-refractivity contribution >= 4 is 22.7 Å². The molecule has 5 rings (SSSR count). The molecule has 0 unspecified atom stereocenters. The average molecular weight is 367 g/mol. The summed E-state index contributed by atoms with van der Waals surface area (Å²) in [4.78, 5) is 32.8. The van der Waals surface area contributed by atoms with Crippen molar-refractivity contribution < 1.29 is 14.3 Å². The summed E-state index contributed by atoms with van der Waals surface area (Å²) in [7, 11) is 1.65. The van der Waals surface area contributed by atoms with Gasteiger partial charge in [0.25, 0.3) is 5.91 Å². The number of likely N-dealkylation sites (tertiary alicyclic amines) is 1. The third-order valence-electron chi connectivity index (χ3n) is 6.54. The molecule has 1 N–H and O–H groups in total. The second-order valence-corrected chi connectivity index (χ2v) is 8.18. The Bertz CT molecular complexity index is 905. The zero-order chi connectivity index (χ0) is 18.5. The zero-order valence-corrected chi connectivity index (χ0v) is 15.6. The van der Waals surface area contributed by atoms with Gasteiger partial charge in [0, 0.05) is 43.0 Å². The largest absolute Gasteiger partial charge is 0.496 e. The van der Waals surface area contributed by atoms with Crippen LogP contribution in [-0.4, -0.2) is 59.4 Å². The highest BCUT2D eigenvalue weighted by Gasteiger charge is 2.45. The Kier molecular flexibility index (Phi) is 3.88. The fourth-order valence-corrected chi connectivity index (χ4v) is 5.37. The Labute approximate surface area is 158 Å². The van der Waals surface area contributed by atoms with Crippen molar-refractivity contribution in [2.24, 2.45) is 11.8 Å². The number of ether oxygens (including phenoxy) is 1. The molecule has 3 aliphatic heterocycles. The summed E-state index contributed by atoms with van der Waals surface area (Å²) >= 11 is 0. The van der Waals surface area contributed by atoms with Crippen molar-refractivity contribution in [1.29, 1.82) is 0 Å². The molecular formula is C21H25N3O3. The minimum Gasteiger partial charge on any atom is -0.496 e. The molecule has 6 nitrogen and oxygen atoms in total. The van der Waals surface area contributed by atoms with Gasteiger partial charge in [-0.05, 0) is 49.3 Å². The molecule has 142 valence electrons. The molecule has 3 fully saturated rings. The highest BCUT2D eigenvalue weighted by molar-refractivity contribution is 5.99. The van der Waals surface area contributed by atoms with Gasteiger partial charge < -0.3 is 19.5 Å². The number of carbonyl (C=O) groups is 2. The van der Waals surface area contributed by atoms with Gasteiger partial charge in [-0.1, -0.05) is 6.07 Å². The maximum absolute atomic E-state index is 13.2. The van der Waals surface area contributed by atoms with E-state index in [1.807, 2.05) is 29.2 Å². The normalized spacial score (nSPS) is 27.6. The number of H-pyrrole nitrogens is 1. The van der Waals surface area contributed by atoms with E-state index in [1.165, 1.54) is 0 Å². The van der Waals surface area contributed by atoms with Crippen LogP contribution in [0.25, 0.3) is 10.9 Å². The molecule has 1 aromatic heterocycles. The lowest BCUT2D eigenvalue weighted by atomic mass is 9.76. The molecule has 0 spiro atoms. The van der Waals surface area contributed by atoms with Gasteiger partial charge >= 0.3 is 0 Å². The number of hydrogen-bond acceptors (Lipinski definition) is 3. The Morgan fingerprint density at radius 1 is 1.26 bits per heavy atom. The van der Waals surface area contributed by atoms with E-state index in [-0.39, 0.29) is 5.91 Å². The van der Waals surface area contributed by atoms with Gasteiger partial charge in [0.2, 0.25) is 5.91 Å². The number of carbonyl (C=O) groups excluding carboxylic acids is 2. The van der Waals surface area contributed by atoms with E-state index in [2.05, 4.69) is 9.88 Å². The monoisotopic (exact) mass is 367 g/mol. The third-order valence-corrected chi connectivity index (χ3v) is 6.54. The fourth-order valence-electron chi connectivity index (χ4n) is 5.37. The number of benzene rings is 1. The number of methoxy groups -OCH3 is 1. The van der Waals surface area contributed by atoms with Gasteiger partial charge in [-0.2, -0.15) is 0 Å². The first kappa shape index (κ1) is 16.7. The van der Waals surface area contributed by atoms with Crippen LogP contribution in [0.15, 0.2) is 24.3 Å². The van der Waals surface area contributed by atoms with E-state index in [0.717, 1.165) is 55.5 Å². The first-order valence-electron chi connectivity index (χ1n) is 9.88. The smallest absolute Gasteiger partial charge is 0.270 e. The number of fused-ring (bicyclic) bond motifs is 5. The zero-order valence-electron chi connectivity index (χ0n) is 15.6. The summed E-state index contributed by atoms with van der Waals surface area (Å²) in [5.74, 6) is 1.94. The van der Waals surface area contributed by atoms with Crippen LogP contribution in [-0.2, 0) is 4.79 Å². The van der Waals surface area contributed by atoms with E-state index in [0.29, 0.717) is 35.9 Å². The van der Waals surface area contributed by atoms with Crippen LogP contribution in [0.3, 0.4) is 0 Å². The van der Waals surface area contributed by atoms with Gasteiger partial charge in [0.15, 0.2) is 0 Å². The average Bonchev–Trinajstić information content (AvgIpc) is 3.12. The Balaban J connectivity index is 1.40. The van der Waals surface area contributed by atoms with Crippen LogP contribution < -0.4 is 4.74 Å². The summed E-state index contributed by atoms with van der Waals surface area (Å²) in [5.41, 5.74) is 1.53.